The van der Waals surface area contributed by atoms with Gasteiger partial charge >= 0.3 is 0 Å². The van der Waals surface area contributed by atoms with Gasteiger partial charge in [0.25, 0.3) is 0 Å². The minimum Gasteiger partial charge on any atom is -0.480 e. The van der Waals surface area contributed by atoms with Crippen LogP contribution in [0.4, 0.5) is 0 Å². The first-order valence-corrected chi connectivity index (χ1v) is 5.19. The quantitative estimate of drug-likeness (QED) is 0.707. The number of hydrogen-bond acceptors (Lipinski definition) is 3. The maximum absolute atomic E-state index is 6.02. The number of methoxy groups -OCH3 is 1. The number of ether oxygens (including phenoxy) is 1. The van der Waals surface area contributed by atoms with Crippen LogP contribution in [0.3, 0.4) is 0 Å². The highest BCUT2D eigenvalue weighted by Crippen LogP contribution is 2.16. The average Bonchev–Trinajstić information content (AvgIpc) is 2.26. The lowest BCUT2D eigenvalue weighted by Crippen LogP contribution is -2.03. The zero-order valence-corrected chi connectivity index (χ0v) is 9.29. The Hall–Kier alpha value is -0.830. The van der Waals surface area contributed by atoms with Crippen LogP contribution in [0, 0.1) is 0 Å². The van der Waals surface area contributed by atoms with Gasteiger partial charge in [-0.2, -0.15) is 0 Å². The van der Waals surface area contributed by atoms with E-state index in [4.69, 9.17) is 16.3 Å². The molecule has 1 aromatic rings. The van der Waals surface area contributed by atoms with Gasteiger partial charge in [-0.05, 0) is 19.3 Å². The lowest BCUT2D eigenvalue weighted by Gasteiger charge is -2.07. The molecule has 1 aromatic heterocycles. The van der Waals surface area contributed by atoms with Crippen LogP contribution >= 0.6 is 11.6 Å². The van der Waals surface area contributed by atoms with E-state index < -0.39 is 0 Å². The molecule has 0 fully saturated rings. The molecule has 0 N–H and O–H groups in total. The van der Waals surface area contributed by atoms with E-state index in [1.807, 2.05) is 0 Å². The second kappa shape index (κ2) is 5.81. The molecule has 0 aromatic carbocycles. The Balaban J connectivity index is 2.57. The summed E-state index contributed by atoms with van der Waals surface area (Å²) in [6.07, 6.45) is 6.00. The molecule has 14 heavy (non-hydrogen) atoms. The SMILES string of the molecule is CCC(Cl)CCc1nccnc1OC. The fourth-order valence-electron chi connectivity index (χ4n) is 1.19. The van der Waals surface area contributed by atoms with Gasteiger partial charge < -0.3 is 4.74 Å². The predicted octanol–water partition coefficient (Wildman–Crippen LogP) is 2.44. The molecule has 0 aliphatic carbocycles. The molecule has 1 atom stereocenters. The summed E-state index contributed by atoms with van der Waals surface area (Å²) in [6.45, 7) is 2.07. The molecular weight excluding hydrogens is 200 g/mol. The molecule has 0 bridgehead atoms. The van der Waals surface area contributed by atoms with Crippen molar-refractivity contribution < 1.29 is 4.74 Å². The Labute approximate surface area is 89.5 Å². The van der Waals surface area contributed by atoms with Crippen LogP contribution < -0.4 is 4.74 Å². The Kier molecular flexibility index (Phi) is 4.66. The van der Waals surface area contributed by atoms with E-state index in [1.165, 1.54) is 0 Å². The molecule has 0 saturated carbocycles. The molecule has 78 valence electrons. The maximum atomic E-state index is 6.02. The van der Waals surface area contributed by atoms with Crippen LogP contribution in [0.1, 0.15) is 25.5 Å². The third kappa shape index (κ3) is 3.14. The Morgan fingerprint density at radius 2 is 2.14 bits per heavy atom. The summed E-state index contributed by atoms with van der Waals surface area (Å²) in [5.74, 6) is 0.604. The molecule has 0 spiro atoms. The van der Waals surface area contributed by atoms with Gasteiger partial charge in [0.15, 0.2) is 0 Å². The zero-order chi connectivity index (χ0) is 10.4. The summed E-state index contributed by atoms with van der Waals surface area (Å²) in [7, 11) is 1.60. The molecule has 1 rings (SSSR count). The largest absolute Gasteiger partial charge is 0.480 e. The summed E-state index contributed by atoms with van der Waals surface area (Å²) in [4.78, 5) is 8.28. The normalized spacial score (nSPS) is 12.5. The van der Waals surface area contributed by atoms with Gasteiger partial charge in [-0.1, -0.05) is 6.92 Å². The van der Waals surface area contributed by atoms with Crippen molar-refractivity contribution in [1.82, 2.24) is 9.97 Å². The second-order valence-electron chi connectivity index (χ2n) is 3.06. The first-order valence-electron chi connectivity index (χ1n) is 4.75. The minimum atomic E-state index is 0.210. The van der Waals surface area contributed by atoms with Crippen LogP contribution in [0.2, 0.25) is 0 Å². The van der Waals surface area contributed by atoms with Crippen molar-refractivity contribution in [3.8, 4) is 5.88 Å². The number of hydrogen-bond donors (Lipinski definition) is 0. The summed E-state index contributed by atoms with van der Waals surface area (Å²) < 4.78 is 5.09. The van der Waals surface area contributed by atoms with E-state index in [2.05, 4.69) is 16.9 Å². The van der Waals surface area contributed by atoms with Crippen molar-refractivity contribution in [2.24, 2.45) is 0 Å². The summed E-state index contributed by atoms with van der Waals surface area (Å²) in [5.41, 5.74) is 0.883. The fourth-order valence-corrected chi connectivity index (χ4v) is 1.30. The van der Waals surface area contributed by atoms with Gasteiger partial charge in [-0.25, -0.2) is 4.98 Å². The molecule has 1 unspecified atom stereocenters. The molecule has 4 heteroatoms. The first kappa shape index (κ1) is 11.2. The van der Waals surface area contributed by atoms with Crippen LogP contribution in [0.15, 0.2) is 12.4 Å². The standard InChI is InChI=1S/C10H15ClN2O/c1-3-8(11)4-5-9-10(14-2)13-7-6-12-9/h6-8H,3-5H2,1-2H3. The number of aromatic nitrogens is 2. The molecule has 1 heterocycles. The molecule has 0 aliphatic rings. The Morgan fingerprint density at radius 1 is 1.43 bits per heavy atom. The Morgan fingerprint density at radius 3 is 2.79 bits per heavy atom. The fraction of sp³-hybridized carbons (Fsp3) is 0.600. The molecule has 0 saturated heterocycles. The van der Waals surface area contributed by atoms with Crippen LogP contribution in [0.5, 0.6) is 5.88 Å². The van der Waals surface area contributed by atoms with E-state index in [9.17, 15) is 0 Å². The van der Waals surface area contributed by atoms with Crippen molar-refractivity contribution in [1.29, 1.82) is 0 Å². The van der Waals surface area contributed by atoms with Crippen molar-refractivity contribution in [3.05, 3.63) is 18.1 Å². The van der Waals surface area contributed by atoms with Crippen molar-refractivity contribution in [2.45, 2.75) is 31.6 Å². The van der Waals surface area contributed by atoms with Gasteiger partial charge in [0.2, 0.25) is 5.88 Å². The van der Waals surface area contributed by atoms with Crippen LogP contribution in [0.25, 0.3) is 0 Å². The first-order chi connectivity index (χ1) is 6.77. The van der Waals surface area contributed by atoms with E-state index >= 15 is 0 Å². The molecule has 0 amide bonds. The van der Waals surface area contributed by atoms with E-state index in [0.717, 1.165) is 25.0 Å². The third-order valence-corrected chi connectivity index (χ3v) is 2.59. The van der Waals surface area contributed by atoms with E-state index in [0.29, 0.717) is 5.88 Å². The van der Waals surface area contributed by atoms with Crippen LogP contribution in [-0.4, -0.2) is 22.5 Å². The van der Waals surface area contributed by atoms with Gasteiger partial charge in [-0.15, -0.1) is 11.6 Å². The van der Waals surface area contributed by atoms with E-state index in [-0.39, 0.29) is 5.38 Å². The van der Waals surface area contributed by atoms with Crippen molar-refractivity contribution in [3.63, 3.8) is 0 Å². The number of alkyl halides is 1. The highest BCUT2D eigenvalue weighted by atomic mass is 35.5. The average molecular weight is 215 g/mol. The topological polar surface area (TPSA) is 35.0 Å². The zero-order valence-electron chi connectivity index (χ0n) is 8.53. The van der Waals surface area contributed by atoms with Crippen molar-refractivity contribution in [2.75, 3.05) is 7.11 Å². The van der Waals surface area contributed by atoms with E-state index in [1.54, 1.807) is 19.5 Å². The molecule has 0 radical (unpaired) electrons. The summed E-state index contributed by atoms with van der Waals surface area (Å²) in [6, 6.07) is 0. The second-order valence-corrected chi connectivity index (χ2v) is 3.67. The third-order valence-electron chi connectivity index (χ3n) is 2.07. The number of halogens is 1. The summed E-state index contributed by atoms with van der Waals surface area (Å²) in [5, 5.41) is 0.210. The monoisotopic (exact) mass is 214 g/mol. The lowest BCUT2D eigenvalue weighted by molar-refractivity contribution is 0.388. The predicted molar refractivity (Wildman–Crippen MR) is 56.8 cm³/mol. The van der Waals surface area contributed by atoms with Gasteiger partial charge in [0.05, 0.1) is 7.11 Å². The lowest BCUT2D eigenvalue weighted by atomic mass is 10.1. The van der Waals surface area contributed by atoms with Gasteiger partial charge in [-0.3, -0.25) is 4.98 Å². The molecular formula is C10H15ClN2O. The number of rotatable bonds is 5. The highest BCUT2D eigenvalue weighted by molar-refractivity contribution is 6.20. The van der Waals surface area contributed by atoms with Gasteiger partial charge in [0, 0.05) is 17.8 Å². The molecule has 3 nitrogen and oxygen atoms in total. The Bertz CT molecular complexity index is 281. The smallest absolute Gasteiger partial charge is 0.235 e. The minimum absolute atomic E-state index is 0.210. The van der Waals surface area contributed by atoms with Gasteiger partial charge in [0.1, 0.15) is 5.69 Å². The van der Waals surface area contributed by atoms with Crippen molar-refractivity contribution >= 4 is 11.6 Å². The highest BCUT2D eigenvalue weighted by Gasteiger charge is 2.07. The maximum Gasteiger partial charge on any atom is 0.235 e. The molecule has 0 aliphatic heterocycles. The summed E-state index contributed by atoms with van der Waals surface area (Å²) >= 11 is 6.02. The number of aryl methyl sites for hydroxylation is 1. The van der Waals surface area contributed by atoms with Crippen LogP contribution in [-0.2, 0) is 6.42 Å². The number of nitrogens with zero attached hydrogens (tertiary/aromatic N) is 2.